The molecule has 0 aromatic heterocycles. The second-order valence-corrected chi connectivity index (χ2v) is 6.45. The zero-order chi connectivity index (χ0) is 14.4. The van der Waals surface area contributed by atoms with Crippen molar-refractivity contribution in [2.45, 2.75) is 55.8 Å². The van der Waals surface area contributed by atoms with E-state index in [1.165, 1.54) is 25.7 Å². The van der Waals surface area contributed by atoms with Crippen LogP contribution in [0.3, 0.4) is 0 Å². The number of thioether (sulfide) groups is 1. The van der Waals surface area contributed by atoms with E-state index in [4.69, 9.17) is 4.74 Å². The van der Waals surface area contributed by atoms with E-state index in [1.54, 1.807) is 6.92 Å². The van der Waals surface area contributed by atoms with Crippen molar-refractivity contribution >= 4 is 23.4 Å². The molecule has 1 aliphatic carbocycles. The predicted octanol–water partition coefficient (Wildman–Crippen LogP) is 4.08. The average Bonchev–Trinajstić information content (AvgIpc) is 2.94. The second-order valence-electron chi connectivity index (χ2n) is 5.11. The van der Waals surface area contributed by atoms with Gasteiger partial charge in [0.25, 0.3) is 5.91 Å². The quantitative estimate of drug-likeness (QED) is 0.858. The van der Waals surface area contributed by atoms with E-state index in [0.29, 0.717) is 11.9 Å². The number of ether oxygens (including phenoxy) is 1. The van der Waals surface area contributed by atoms with E-state index in [-0.39, 0.29) is 5.91 Å². The highest BCUT2D eigenvalue weighted by Gasteiger charge is 2.19. The number of amides is 1. The Morgan fingerprint density at radius 2 is 2.10 bits per heavy atom. The maximum atomic E-state index is 12.0. The number of carbonyl (C=O) groups excluding carboxylic acids is 1. The summed E-state index contributed by atoms with van der Waals surface area (Å²) in [6, 6.07) is 8.04. The maximum absolute atomic E-state index is 12.0. The predicted molar refractivity (Wildman–Crippen MR) is 84.3 cm³/mol. The number of benzene rings is 1. The summed E-state index contributed by atoms with van der Waals surface area (Å²) < 4.78 is 5.33. The minimum Gasteiger partial charge on any atom is -0.369 e. The van der Waals surface area contributed by atoms with Gasteiger partial charge in [0, 0.05) is 16.8 Å². The Hall–Kier alpha value is -1.00. The van der Waals surface area contributed by atoms with Crippen LogP contribution in [0.4, 0.5) is 5.69 Å². The number of hydrogen-bond acceptors (Lipinski definition) is 3. The highest BCUT2D eigenvalue weighted by atomic mass is 32.2. The molecule has 0 saturated heterocycles. The lowest BCUT2D eigenvalue weighted by atomic mass is 10.3. The van der Waals surface area contributed by atoms with Crippen LogP contribution in [-0.2, 0) is 9.53 Å². The summed E-state index contributed by atoms with van der Waals surface area (Å²) in [5.74, 6) is -0.0775. The van der Waals surface area contributed by atoms with Crippen molar-refractivity contribution in [3.63, 3.8) is 0 Å². The molecule has 0 radical (unpaired) electrons. The van der Waals surface area contributed by atoms with Gasteiger partial charge in [-0.1, -0.05) is 25.0 Å². The minimum absolute atomic E-state index is 0.0775. The second kappa shape index (κ2) is 7.70. The Morgan fingerprint density at radius 3 is 2.80 bits per heavy atom. The van der Waals surface area contributed by atoms with Gasteiger partial charge in [0.15, 0.2) is 0 Å². The van der Waals surface area contributed by atoms with E-state index >= 15 is 0 Å². The summed E-state index contributed by atoms with van der Waals surface area (Å²) >= 11 is 1.89. The number of carbonyl (C=O) groups is 1. The van der Waals surface area contributed by atoms with E-state index in [1.807, 2.05) is 36.9 Å². The van der Waals surface area contributed by atoms with Crippen molar-refractivity contribution in [1.82, 2.24) is 0 Å². The van der Waals surface area contributed by atoms with E-state index in [2.05, 4.69) is 11.4 Å². The van der Waals surface area contributed by atoms with Crippen LogP contribution in [0.25, 0.3) is 0 Å². The first-order valence-corrected chi connectivity index (χ1v) is 8.26. The Morgan fingerprint density at radius 1 is 1.40 bits per heavy atom. The molecule has 0 heterocycles. The van der Waals surface area contributed by atoms with Gasteiger partial charge >= 0.3 is 0 Å². The minimum atomic E-state index is -0.412. The monoisotopic (exact) mass is 293 g/mol. The molecule has 1 aliphatic rings. The fourth-order valence-electron chi connectivity index (χ4n) is 2.42. The molecule has 110 valence electrons. The number of nitrogens with one attached hydrogen (secondary N) is 1. The van der Waals surface area contributed by atoms with Gasteiger partial charge in [0.1, 0.15) is 6.10 Å². The van der Waals surface area contributed by atoms with Crippen LogP contribution >= 0.6 is 11.8 Å². The normalized spacial score (nSPS) is 17.1. The Labute approximate surface area is 125 Å². The molecule has 0 bridgehead atoms. The Kier molecular flexibility index (Phi) is 5.92. The van der Waals surface area contributed by atoms with E-state index in [0.717, 1.165) is 10.6 Å². The molecule has 0 aliphatic heterocycles. The van der Waals surface area contributed by atoms with Crippen molar-refractivity contribution < 1.29 is 9.53 Å². The van der Waals surface area contributed by atoms with Gasteiger partial charge in [-0.2, -0.15) is 0 Å². The molecule has 1 atom stereocenters. The topological polar surface area (TPSA) is 38.3 Å². The lowest BCUT2D eigenvalue weighted by molar-refractivity contribution is -0.126. The van der Waals surface area contributed by atoms with Crippen molar-refractivity contribution in [1.29, 1.82) is 0 Å². The summed E-state index contributed by atoms with van der Waals surface area (Å²) in [4.78, 5) is 13.2. The van der Waals surface area contributed by atoms with Crippen LogP contribution in [0.1, 0.15) is 39.5 Å². The molecule has 3 nitrogen and oxygen atoms in total. The summed E-state index contributed by atoms with van der Waals surface area (Å²) in [6.45, 7) is 4.23. The van der Waals surface area contributed by atoms with Gasteiger partial charge in [-0.3, -0.25) is 4.79 Å². The smallest absolute Gasteiger partial charge is 0.253 e. The zero-order valence-electron chi connectivity index (χ0n) is 12.2. The van der Waals surface area contributed by atoms with Crippen LogP contribution in [0.5, 0.6) is 0 Å². The standard InChI is InChI=1S/C16H23NO2S/c1-3-19-12(2)16(18)17-14-10-6-7-11-15(14)20-13-8-4-5-9-13/h6-7,10-13H,3-5,8-9H2,1-2H3,(H,17,18). The van der Waals surface area contributed by atoms with Crippen molar-refractivity contribution in [3.05, 3.63) is 24.3 Å². The van der Waals surface area contributed by atoms with Gasteiger partial charge in [-0.15, -0.1) is 11.8 Å². The number of hydrogen-bond donors (Lipinski definition) is 1. The molecule has 20 heavy (non-hydrogen) atoms. The molecule has 1 aromatic rings. The highest BCUT2D eigenvalue weighted by Crippen LogP contribution is 2.38. The summed E-state index contributed by atoms with van der Waals surface area (Å²) in [5.41, 5.74) is 0.904. The van der Waals surface area contributed by atoms with Crippen LogP contribution in [0.2, 0.25) is 0 Å². The van der Waals surface area contributed by atoms with Crippen molar-refractivity contribution in [2.24, 2.45) is 0 Å². The largest absolute Gasteiger partial charge is 0.369 e. The van der Waals surface area contributed by atoms with Gasteiger partial charge in [-0.05, 0) is 38.8 Å². The van der Waals surface area contributed by atoms with Crippen LogP contribution in [0.15, 0.2) is 29.2 Å². The summed E-state index contributed by atoms with van der Waals surface area (Å²) in [6.07, 6.45) is 4.80. The fourth-order valence-corrected chi connectivity index (χ4v) is 3.75. The third-order valence-corrected chi connectivity index (χ3v) is 4.94. The molecule has 0 spiro atoms. The Balaban J connectivity index is 2.01. The molecule has 1 saturated carbocycles. The first-order chi connectivity index (χ1) is 9.70. The van der Waals surface area contributed by atoms with Crippen molar-refractivity contribution in [2.75, 3.05) is 11.9 Å². The maximum Gasteiger partial charge on any atom is 0.253 e. The molecule has 1 N–H and O–H groups in total. The molecular formula is C16H23NO2S. The molecule has 1 fully saturated rings. The third kappa shape index (κ3) is 4.25. The molecule has 1 amide bonds. The van der Waals surface area contributed by atoms with Gasteiger partial charge in [-0.25, -0.2) is 0 Å². The van der Waals surface area contributed by atoms with Crippen molar-refractivity contribution in [3.8, 4) is 0 Å². The van der Waals surface area contributed by atoms with Crippen LogP contribution < -0.4 is 5.32 Å². The number of rotatable bonds is 6. The molecule has 1 unspecified atom stereocenters. The number of para-hydroxylation sites is 1. The molecule has 1 aromatic carbocycles. The molecule has 2 rings (SSSR count). The zero-order valence-corrected chi connectivity index (χ0v) is 13.0. The third-order valence-electron chi connectivity index (χ3n) is 3.53. The van der Waals surface area contributed by atoms with E-state index in [9.17, 15) is 4.79 Å². The van der Waals surface area contributed by atoms with E-state index < -0.39 is 6.10 Å². The summed E-state index contributed by atoms with van der Waals surface area (Å²) in [7, 11) is 0. The summed E-state index contributed by atoms with van der Waals surface area (Å²) in [5, 5.41) is 3.68. The lowest BCUT2D eigenvalue weighted by Crippen LogP contribution is -2.27. The lowest BCUT2D eigenvalue weighted by Gasteiger charge is -2.16. The first-order valence-electron chi connectivity index (χ1n) is 7.39. The molecular weight excluding hydrogens is 270 g/mol. The first kappa shape index (κ1) is 15.4. The SMILES string of the molecule is CCOC(C)C(=O)Nc1ccccc1SC1CCCC1. The van der Waals surface area contributed by atoms with Gasteiger partial charge in [0.2, 0.25) is 0 Å². The average molecular weight is 293 g/mol. The van der Waals surface area contributed by atoms with Crippen LogP contribution in [-0.4, -0.2) is 23.9 Å². The van der Waals surface area contributed by atoms with Gasteiger partial charge in [0.05, 0.1) is 5.69 Å². The highest BCUT2D eigenvalue weighted by molar-refractivity contribution is 8.00. The number of anilines is 1. The van der Waals surface area contributed by atoms with Crippen LogP contribution in [0, 0.1) is 0 Å². The molecule has 4 heteroatoms. The van der Waals surface area contributed by atoms with Gasteiger partial charge < -0.3 is 10.1 Å². The Bertz CT molecular complexity index is 444. The fraction of sp³-hybridized carbons (Fsp3) is 0.562.